The van der Waals surface area contributed by atoms with E-state index in [4.69, 9.17) is 4.98 Å². The van der Waals surface area contributed by atoms with Crippen molar-refractivity contribution >= 4 is 22.6 Å². The summed E-state index contributed by atoms with van der Waals surface area (Å²) >= 11 is 0. The maximum absolute atomic E-state index is 12.8. The average molecular weight is 406 g/mol. The molecule has 1 amide bonds. The zero-order chi connectivity index (χ0) is 21.3. The largest absolute Gasteiger partial charge is 0.353 e. The molecule has 1 aliphatic heterocycles. The van der Waals surface area contributed by atoms with Crippen molar-refractivity contribution in [1.82, 2.24) is 24.4 Å². The van der Waals surface area contributed by atoms with Crippen LogP contribution in [0.4, 0.5) is 5.82 Å². The van der Waals surface area contributed by atoms with Crippen molar-refractivity contribution in [2.75, 3.05) is 31.1 Å². The average Bonchev–Trinajstić information content (AvgIpc) is 2.75. The van der Waals surface area contributed by atoms with Crippen LogP contribution in [0.25, 0.3) is 10.9 Å². The minimum atomic E-state index is -0.190. The number of fused-ring (bicyclic) bond motifs is 1. The van der Waals surface area contributed by atoms with Gasteiger partial charge >= 0.3 is 0 Å². The van der Waals surface area contributed by atoms with Gasteiger partial charge in [-0.15, -0.1) is 0 Å². The molecule has 1 fully saturated rings. The van der Waals surface area contributed by atoms with Crippen molar-refractivity contribution in [2.45, 2.75) is 33.2 Å². The first-order chi connectivity index (χ1) is 14.4. The smallest absolute Gasteiger partial charge is 0.261 e. The van der Waals surface area contributed by atoms with Crippen molar-refractivity contribution in [2.24, 2.45) is 0 Å². The number of aryl methyl sites for hydroxylation is 1. The molecule has 3 aromatic rings. The van der Waals surface area contributed by atoms with Gasteiger partial charge in [-0.25, -0.2) is 15.0 Å². The Morgan fingerprint density at radius 1 is 1.10 bits per heavy atom. The molecule has 0 atom stereocenters. The molecule has 4 rings (SSSR count). The quantitative estimate of drug-likeness (QED) is 0.659. The summed E-state index contributed by atoms with van der Waals surface area (Å²) in [5.41, 5.74) is 1.40. The number of piperazine rings is 1. The van der Waals surface area contributed by atoms with E-state index < -0.39 is 0 Å². The lowest BCUT2D eigenvalue weighted by Gasteiger charge is -2.35. The van der Waals surface area contributed by atoms with E-state index in [2.05, 4.69) is 28.7 Å². The van der Waals surface area contributed by atoms with E-state index in [1.54, 1.807) is 23.1 Å². The standard InChI is InChI=1S/C22H26N6O2/c1-15(2)21-24-16(3)12-19(25-21)26-8-10-27(11-9-26)20(29)13-28-14-23-18-7-5-4-6-17(18)22(28)30/h4-7,12,14-15H,8-11,13H2,1-3H3. The van der Waals surface area contributed by atoms with Crippen LogP contribution in [0.15, 0.2) is 41.5 Å². The summed E-state index contributed by atoms with van der Waals surface area (Å²) in [6.07, 6.45) is 1.45. The molecular weight excluding hydrogens is 380 g/mol. The Morgan fingerprint density at radius 2 is 1.83 bits per heavy atom. The summed E-state index contributed by atoms with van der Waals surface area (Å²) < 4.78 is 1.39. The van der Waals surface area contributed by atoms with E-state index in [1.807, 2.05) is 19.1 Å². The molecule has 3 heterocycles. The number of aromatic nitrogens is 4. The molecule has 0 bridgehead atoms. The number of para-hydroxylation sites is 1. The molecule has 0 spiro atoms. The zero-order valence-electron chi connectivity index (χ0n) is 17.6. The first-order valence-corrected chi connectivity index (χ1v) is 10.2. The van der Waals surface area contributed by atoms with Crippen molar-refractivity contribution in [3.05, 3.63) is 58.5 Å². The van der Waals surface area contributed by atoms with Crippen molar-refractivity contribution in [3.8, 4) is 0 Å². The number of amides is 1. The van der Waals surface area contributed by atoms with Gasteiger partial charge < -0.3 is 9.80 Å². The maximum atomic E-state index is 12.8. The number of nitrogens with zero attached hydrogens (tertiary/aromatic N) is 6. The lowest BCUT2D eigenvalue weighted by molar-refractivity contribution is -0.132. The van der Waals surface area contributed by atoms with Crippen molar-refractivity contribution < 1.29 is 4.79 Å². The second-order valence-corrected chi connectivity index (χ2v) is 7.94. The molecule has 1 saturated heterocycles. The maximum Gasteiger partial charge on any atom is 0.261 e. The highest BCUT2D eigenvalue weighted by Crippen LogP contribution is 2.19. The minimum Gasteiger partial charge on any atom is -0.353 e. The highest BCUT2D eigenvalue weighted by molar-refractivity contribution is 5.79. The fourth-order valence-electron chi connectivity index (χ4n) is 3.64. The van der Waals surface area contributed by atoms with Crippen LogP contribution in [0.2, 0.25) is 0 Å². The monoisotopic (exact) mass is 406 g/mol. The van der Waals surface area contributed by atoms with Gasteiger partial charge in [0.25, 0.3) is 5.56 Å². The Balaban J connectivity index is 1.43. The fraction of sp³-hybridized carbons (Fsp3) is 0.409. The first kappa shape index (κ1) is 20.0. The third-order valence-corrected chi connectivity index (χ3v) is 5.37. The molecule has 0 unspecified atom stereocenters. The molecule has 2 aromatic heterocycles. The molecule has 0 radical (unpaired) electrons. The van der Waals surface area contributed by atoms with Crippen LogP contribution in [-0.2, 0) is 11.3 Å². The molecule has 30 heavy (non-hydrogen) atoms. The van der Waals surface area contributed by atoms with Gasteiger partial charge in [-0.05, 0) is 19.1 Å². The molecule has 156 valence electrons. The van der Waals surface area contributed by atoms with Gasteiger partial charge in [-0.3, -0.25) is 14.2 Å². The van der Waals surface area contributed by atoms with Crippen LogP contribution >= 0.6 is 0 Å². The molecule has 8 nitrogen and oxygen atoms in total. The highest BCUT2D eigenvalue weighted by Gasteiger charge is 2.23. The molecule has 0 aliphatic carbocycles. The van der Waals surface area contributed by atoms with Crippen LogP contribution in [0.5, 0.6) is 0 Å². The number of hydrogen-bond donors (Lipinski definition) is 0. The summed E-state index contributed by atoms with van der Waals surface area (Å²) in [4.78, 5) is 42.9. The lowest BCUT2D eigenvalue weighted by Crippen LogP contribution is -2.50. The van der Waals surface area contributed by atoms with Gasteiger partial charge in [0.2, 0.25) is 5.91 Å². The summed E-state index contributed by atoms with van der Waals surface area (Å²) in [6.45, 7) is 8.73. The Labute approximate surface area is 175 Å². The van der Waals surface area contributed by atoms with Gasteiger partial charge in [-0.2, -0.15) is 0 Å². The Hall–Kier alpha value is -3.29. The lowest BCUT2D eigenvalue weighted by atomic mass is 10.2. The number of anilines is 1. The first-order valence-electron chi connectivity index (χ1n) is 10.2. The van der Waals surface area contributed by atoms with Crippen LogP contribution in [-0.4, -0.2) is 56.5 Å². The van der Waals surface area contributed by atoms with Crippen LogP contribution in [0.1, 0.15) is 31.3 Å². The SMILES string of the molecule is Cc1cc(N2CCN(C(=O)Cn3cnc4ccccc4c3=O)CC2)nc(C(C)C)n1. The van der Waals surface area contributed by atoms with Crippen LogP contribution in [0, 0.1) is 6.92 Å². The third kappa shape index (κ3) is 4.03. The van der Waals surface area contributed by atoms with E-state index in [0.717, 1.165) is 17.3 Å². The van der Waals surface area contributed by atoms with Gasteiger partial charge in [0.1, 0.15) is 18.2 Å². The Kier molecular flexibility index (Phi) is 5.48. The summed E-state index contributed by atoms with van der Waals surface area (Å²) in [6, 6.07) is 9.16. The van der Waals surface area contributed by atoms with Crippen LogP contribution in [0.3, 0.4) is 0 Å². The number of hydrogen-bond acceptors (Lipinski definition) is 6. The van der Waals surface area contributed by atoms with E-state index in [9.17, 15) is 9.59 Å². The van der Waals surface area contributed by atoms with Gasteiger partial charge in [0.15, 0.2) is 0 Å². The molecule has 0 N–H and O–H groups in total. The molecular formula is C22H26N6O2. The number of carbonyl (C=O) groups is 1. The Bertz CT molecular complexity index is 1130. The fourth-order valence-corrected chi connectivity index (χ4v) is 3.64. The third-order valence-electron chi connectivity index (χ3n) is 5.37. The molecule has 1 aromatic carbocycles. The second-order valence-electron chi connectivity index (χ2n) is 7.94. The van der Waals surface area contributed by atoms with E-state index in [0.29, 0.717) is 37.1 Å². The van der Waals surface area contributed by atoms with Gasteiger partial charge in [-0.1, -0.05) is 26.0 Å². The van der Waals surface area contributed by atoms with Crippen molar-refractivity contribution in [3.63, 3.8) is 0 Å². The topological polar surface area (TPSA) is 84.2 Å². The number of benzene rings is 1. The molecule has 8 heteroatoms. The zero-order valence-corrected chi connectivity index (χ0v) is 17.6. The number of rotatable bonds is 4. The summed E-state index contributed by atoms with van der Waals surface area (Å²) in [5.74, 6) is 1.94. The van der Waals surface area contributed by atoms with E-state index in [-0.39, 0.29) is 23.9 Å². The summed E-state index contributed by atoms with van der Waals surface area (Å²) in [7, 11) is 0. The van der Waals surface area contributed by atoms with Crippen molar-refractivity contribution in [1.29, 1.82) is 0 Å². The van der Waals surface area contributed by atoms with E-state index >= 15 is 0 Å². The predicted molar refractivity (Wildman–Crippen MR) is 116 cm³/mol. The van der Waals surface area contributed by atoms with Crippen LogP contribution < -0.4 is 10.5 Å². The normalized spacial score (nSPS) is 14.5. The van der Waals surface area contributed by atoms with E-state index in [1.165, 1.54) is 10.9 Å². The predicted octanol–water partition coefficient (Wildman–Crippen LogP) is 1.97. The highest BCUT2D eigenvalue weighted by atomic mass is 16.2. The number of carbonyl (C=O) groups excluding carboxylic acids is 1. The van der Waals surface area contributed by atoms with Gasteiger partial charge in [0, 0.05) is 43.9 Å². The summed E-state index contributed by atoms with van der Waals surface area (Å²) in [5, 5.41) is 0.526. The second kappa shape index (κ2) is 8.22. The molecule has 1 aliphatic rings. The van der Waals surface area contributed by atoms with Gasteiger partial charge in [0.05, 0.1) is 17.2 Å². The minimum absolute atomic E-state index is 0.000774. The Morgan fingerprint density at radius 3 is 2.57 bits per heavy atom. The molecule has 0 saturated carbocycles.